The molecule has 1 atom stereocenters. The molecular weight excluding hydrogens is 618 g/mol. The van der Waals surface area contributed by atoms with E-state index in [0.717, 1.165) is 22.8 Å². The lowest BCUT2D eigenvalue weighted by atomic mass is 9.81. The van der Waals surface area contributed by atoms with Crippen LogP contribution < -0.4 is 21.5 Å². The Kier molecular flexibility index (Phi) is 10.4. The van der Waals surface area contributed by atoms with Crippen LogP contribution >= 0.6 is 0 Å². The van der Waals surface area contributed by atoms with E-state index in [9.17, 15) is 24.3 Å². The van der Waals surface area contributed by atoms with Gasteiger partial charge in [-0.1, -0.05) is 57.7 Å². The zero-order chi connectivity index (χ0) is 35.5. The van der Waals surface area contributed by atoms with E-state index in [4.69, 9.17) is 0 Å². The maximum atomic E-state index is 13.4. The lowest BCUT2D eigenvalue weighted by Gasteiger charge is -2.30. The molecule has 1 saturated heterocycles. The average molecular weight is 664 g/mol. The number of aromatic nitrogens is 1. The highest BCUT2D eigenvalue weighted by molar-refractivity contribution is 6.07. The van der Waals surface area contributed by atoms with Crippen molar-refractivity contribution in [2.45, 2.75) is 53.1 Å². The van der Waals surface area contributed by atoms with Crippen LogP contribution in [-0.4, -0.2) is 51.5 Å². The van der Waals surface area contributed by atoms with Gasteiger partial charge in [0.25, 0.3) is 11.5 Å². The minimum atomic E-state index is -0.480. The van der Waals surface area contributed by atoms with Crippen LogP contribution in [0.5, 0.6) is 0 Å². The highest BCUT2D eigenvalue weighted by atomic mass is 16.3. The van der Waals surface area contributed by atoms with E-state index in [1.165, 1.54) is 10.1 Å². The first kappa shape index (κ1) is 35.1. The number of carbonyl (C=O) groups excluding carboxylic acids is 3. The smallest absolute Gasteiger partial charge is 0.274 e. The van der Waals surface area contributed by atoms with Crippen LogP contribution in [0, 0.1) is 18.3 Å². The average Bonchev–Trinajstić information content (AvgIpc) is 3.07. The molecule has 2 heterocycles. The third-order valence-corrected chi connectivity index (χ3v) is 9.11. The van der Waals surface area contributed by atoms with Crippen LogP contribution in [0.25, 0.3) is 11.1 Å². The summed E-state index contributed by atoms with van der Waals surface area (Å²) in [6.45, 7) is 12.7. The van der Waals surface area contributed by atoms with E-state index >= 15 is 0 Å². The van der Waals surface area contributed by atoms with Crippen LogP contribution in [-0.2, 0) is 16.6 Å². The van der Waals surface area contributed by atoms with Gasteiger partial charge in [-0.15, -0.1) is 0 Å². The molecule has 5 rings (SSSR count). The molecule has 256 valence electrons. The number of piperidine rings is 1. The number of nitrogens with one attached hydrogen (secondary N) is 3. The monoisotopic (exact) mass is 663 g/mol. The number of nitrogens with zero attached hydrogens (tertiary/aromatic N) is 2. The number of benzene rings is 2. The van der Waals surface area contributed by atoms with Crippen LogP contribution in [0.15, 0.2) is 89.9 Å². The van der Waals surface area contributed by atoms with Gasteiger partial charge in [-0.05, 0) is 84.7 Å². The number of anilines is 4. The standard InChI is InChI=1S/C39H45N5O5/c1-7-35(46)41-33-22-28(15-16-31(33)37(48)44-19-17-29(45)18-20-44)40-34-21-26(23-43(6)38(34)49)30-9-8-10-32(24(30)2)42-36(47)25-11-13-27(14-12-25)39(3,4)5/h7-11,13-16,21-23,25,29,40,45H,1,12,17-20H2,2-6H3,(H,41,46)(H,42,47). The van der Waals surface area contributed by atoms with Gasteiger partial charge < -0.3 is 30.5 Å². The van der Waals surface area contributed by atoms with Gasteiger partial charge in [0.2, 0.25) is 11.8 Å². The number of rotatable bonds is 8. The largest absolute Gasteiger partial charge is 0.393 e. The quantitative estimate of drug-likeness (QED) is 0.209. The van der Waals surface area contributed by atoms with Crippen molar-refractivity contribution in [2.24, 2.45) is 18.4 Å². The fourth-order valence-electron chi connectivity index (χ4n) is 6.12. The summed E-state index contributed by atoms with van der Waals surface area (Å²) < 4.78 is 1.48. The number of hydrogen-bond acceptors (Lipinski definition) is 6. The van der Waals surface area contributed by atoms with Gasteiger partial charge in [0, 0.05) is 43.3 Å². The van der Waals surface area contributed by atoms with Gasteiger partial charge >= 0.3 is 0 Å². The van der Waals surface area contributed by atoms with Crippen LogP contribution in [0.1, 0.15) is 56.0 Å². The molecule has 0 saturated carbocycles. The van der Waals surface area contributed by atoms with Crippen molar-refractivity contribution in [1.82, 2.24) is 9.47 Å². The van der Waals surface area contributed by atoms with Gasteiger partial charge in [0.05, 0.1) is 23.3 Å². The molecular formula is C39H45N5O5. The highest BCUT2D eigenvalue weighted by Crippen LogP contribution is 2.33. The van der Waals surface area contributed by atoms with Crippen molar-refractivity contribution >= 4 is 40.5 Å². The van der Waals surface area contributed by atoms with Gasteiger partial charge in [0.1, 0.15) is 5.69 Å². The Hall–Kier alpha value is -5.22. The second-order valence-corrected chi connectivity index (χ2v) is 13.7. The summed E-state index contributed by atoms with van der Waals surface area (Å²) in [6, 6.07) is 12.3. The molecule has 10 nitrogen and oxygen atoms in total. The molecule has 0 radical (unpaired) electrons. The maximum Gasteiger partial charge on any atom is 0.274 e. The first-order valence-corrected chi connectivity index (χ1v) is 16.6. The lowest BCUT2D eigenvalue weighted by molar-refractivity contribution is -0.118. The zero-order valence-corrected chi connectivity index (χ0v) is 28.8. The van der Waals surface area contributed by atoms with Crippen molar-refractivity contribution < 1.29 is 19.5 Å². The number of allylic oxidation sites excluding steroid dienone is 3. The van der Waals surface area contributed by atoms with Crippen molar-refractivity contribution in [3.8, 4) is 11.1 Å². The van der Waals surface area contributed by atoms with E-state index in [1.807, 2.05) is 37.3 Å². The Morgan fingerprint density at radius 1 is 1.00 bits per heavy atom. The predicted molar refractivity (Wildman–Crippen MR) is 195 cm³/mol. The second-order valence-electron chi connectivity index (χ2n) is 13.7. The Labute approximate surface area is 287 Å². The number of aliphatic hydroxyl groups is 1. The summed E-state index contributed by atoms with van der Waals surface area (Å²) in [4.78, 5) is 53.9. The Morgan fingerprint density at radius 2 is 1.73 bits per heavy atom. The van der Waals surface area contributed by atoms with Gasteiger partial charge in [-0.25, -0.2) is 0 Å². The molecule has 1 unspecified atom stereocenters. The van der Waals surface area contributed by atoms with Crippen molar-refractivity contribution in [3.05, 3.63) is 107 Å². The summed E-state index contributed by atoms with van der Waals surface area (Å²) >= 11 is 0. The van der Waals surface area contributed by atoms with Crippen molar-refractivity contribution in [1.29, 1.82) is 0 Å². The van der Waals surface area contributed by atoms with Gasteiger partial charge in [-0.3, -0.25) is 19.2 Å². The van der Waals surface area contributed by atoms with Crippen LogP contribution in [0.2, 0.25) is 0 Å². The van der Waals surface area contributed by atoms with E-state index in [1.54, 1.807) is 42.4 Å². The number of hydrogen-bond donors (Lipinski definition) is 4. The third kappa shape index (κ3) is 8.09. The van der Waals surface area contributed by atoms with Gasteiger partial charge in [0.15, 0.2) is 0 Å². The molecule has 2 aliphatic rings. The summed E-state index contributed by atoms with van der Waals surface area (Å²) in [5, 5.41) is 18.9. The van der Waals surface area contributed by atoms with Crippen molar-refractivity contribution in [3.63, 3.8) is 0 Å². The number of likely N-dealkylation sites (tertiary alicyclic amines) is 1. The molecule has 3 amide bonds. The molecule has 2 aromatic carbocycles. The molecule has 0 bridgehead atoms. The zero-order valence-electron chi connectivity index (χ0n) is 28.8. The summed E-state index contributed by atoms with van der Waals surface area (Å²) in [5.41, 5.74) is 5.45. The first-order valence-electron chi connectivity index (χ1n) is 16.6. The molecule has 1 aromatic heterocycles. The second kappa shape index (κ2) is 14.5. The van der Waals surface area contributed by atoms with Crippen LogP contribution in [0.3, 0.4) is 0 Å². The molecule has 1 aliphatic heterocycles. The normalized spacial score (nSPS) is 16.5. The molecule has 0 spiro atoms. The summed E-state index contributed by atoms with van der Waals surface area (Å²) in [6.07, 6.45) is 10.2. The molecule has 4 N–H and O–H groups in total. The number of aliphatic hydroxyl groups excluding tert-OH is 1. The number of pyridine rings is 1. The number of aryl methyl sites for hydroxylation is 1. The first-order chi connectivity index (χ1) is 23.2. The lowest BCUT2D eigenvalue weighted by Crippen LogP contribution is -2.40. The van der Waals surface area contributed by atoms with E-state index < -0.39 is 12.0 Å². The molecule has 1 fully saturated rings. The minimum Gasteiger partial charge on any atom is -0.393 e. The SMILES string of the molecule is C=CC(=O)Nc1cc(Nc2cc(-c3cccc(NC(=O)C4C=CC(C(C)(C)C)=CC4)c3C)cn(C)c2=O)ccc1C(=O)N1CCC(O)CC1. The molecule has 3 aromatic rings. The maximum absolute atomic E-state index is 13.4. The topological polar surface area (TPSA) is 133 Å². The molecule has 1 aliphatic carbocycles. The summed E-state index contributed by atoms with van der Waals surface area (Å²) in [5.74, 6) is -1.09. The molecule has 49 heavy (non-hydrogen) atoms. The highest BCUT2D eigenvalue weighted by Gasteiger charge is 2.26. The fraction of sp³-hybridized carbons (Fsp3) is 0.333. The Morgan fingerprint density at radius 3 is 2.39 bits per heavy atom. The third-order valence-electron chi connectivity index (χ3n) is 9.11. The van der Waals surface area contributed by atoms with E-state index in [0.29, 0.717) is 49.3 Å². The Balaban J connectivity index is 1.40. The number of carbonyl (C=O) groups is 3. The number of amides is 3. The minimum absolute atomic E-state index is 0.0252. The molecule has 10 heteroatoms. The van der Waals surface area contributed by atoms with E-state index in [-0.39, 0.29) is 40.1 Å². The fourth-order valence-corrected chi connectivity index (χ4v) is 6.12. The summed E-state index contributed by atoms with van der Waals surface area (Å²) in [7, 11) is 1.67. The van der Waals surface area contributed by atoms with E-state index in [2.05, 4.69) is 49.4 Å². The van der Waals surface area contributed by atoms with Crippen LogP contribution in [0.4, 0.5) is 22.7 Å². The predicted octanol–water partition coefficient (Wildman–Crippen LogP) is 6.31. The van der Waals surface area contributed by atoms with Crippen molar-refractivity contribution in [2.75, 3.05) is 29.0 Å². The Bertz CT molecular complexity index is 1910. The van der Waals surface area contributed by atoms with Gasteiger partial charge in [-0.2, -0.15) is 0 Å².